The molecule has 2 rings (SSSR count). The fourth-order valence-corrected chi connectivity index (χ4v) is 2.20. The molecule has 1 unspecified atom stereocenters. The Hall–Kier alpha value is -1.87. The van der Waals surface area contributed by atoms with Crippen LogP contribution in [0.2, 0.25) is 0 Å². The smallest absolute Gasteiger partial charge is 0.131 e. The molecule has 1 atom stereocenters. The van der Waals surface area contributed by atoms with E-state index >= 15 is 0 Å². The molecular formula is C17H20FNO. The molecule has 2 nitrogen and oxygen atoms in total. The van der Waals surface area contributed by atoms with Crippen LogP contribution >= 0.6 is 0 Å². The van der Waals surface area contributed by atoms with E-state index in [-0.39, 0.29) is 11.9 Å². The first kappa shape index (κ1) is 14.5. The second kappa shape index (κ2) is 6.06. The topological polar surface area (TPSA) is 35.2 Å². The van der Waals surface area contributed by atoms with Crippen molar-refractivity contribution < 1.29 is 9.13 Å². The first-order chi connectivity index (χ1) is 9.49. The summed E-state index contributed by atoms with van der Waals surface area (Å²) in [5, 5.41) is 0. The van der Waals surface area contributed by atoms with Gasteiger partial charge in [0.1, 0.15) is 18.2 Å². The fraction of sp³-hybridized carbons (Fsp3) is 0.294. The van der Waals surface area contributed by atoms with Crippen molar-refractivity contribution in [1.29, 1.82) is 0 Å². The number of hydrogen-bond acceptors (Lipinski definition) is 2. The van der Waals surface area contributed by atoms with Crippen molar-refractivity contribution >= 4 is 0 Å². The summed E-state index contributed by atoms with van der Waals surface area (Å²) in [7, 11) is 0. The maximum atomic E-state index is 13.8. The quantitative estimate of drug-likeness (QED) is 0.912. The zero-order valence-electron chi connectivity index (χ0n) is 12.1. The minimum Gasteiger partial charge on any atom is -0.489 e. The summed E-state index contributed by atoms with van der Waals surface area (Å²) in [5.74, 6) is 0.202. The molecule has 0 aliphatic carbocycles. The normalized spacial score (nSPS) is 12.2. The number of benzene rings is 2. The molecule has 0 fully saturated rings. The predicted molar refractivity (Wildman–Crippen MR) is 79.3 cm³/mol. The van der Waals surface area contributed by atoms with Gasteiger partial charge in [-0.3, -0.25) is 0 Å². The summed E-state index contributed by atoms with van der Waals surface area (Å²) < 4.78 is 19.5. The first-order valence-corrected chi connectivity index (χ1v) is 6.72. The van der Waals surface area contributed by atoms with Crippen molar-refractivity contribution in [2.75, 3.05) is 0 Å². The van der Waals surface area contributed by atoms with Crippen molar-refractivity contribution in [1.82, 2.24) is 0 Å². The highest BCUT2D eigenvalue weighted by molar-refractivity contribution is 5.34. The average Bonchev–Trinajstić information content (AvgIpc) is 2.37. The van der Waals surface area contributed by atoms with Crippen LogP contribution in [-0.4, -0.2) is 0 Å². The molecule has 0 aliphatic rings. The molecule has 0 radical (unpaired) electrons. The van der Waals surface area contributed by atoms with Crippen molar-refractivity contribution in [3.8, 4) is 5.75 Å². The van der Waals surface area contributed by atoms with Crippen LogP contribution in [-0.2, 0) is 6.61 Å². The van der Waals surface area contributed by atoms with Gasteiger partial charge in [-0.15, -0.1) is 0 Å². The first-order valence-electron chi connectivity index (χ1n) is 6.72. The molecule has 0 amide bonds. The van der Waals surface area contributed by atoms with Gasteiger partial charge >= 0.3 is 0 Å². The molecule has 0 aromatic heterocycles. The number of nitrogens with two attached hydrogens (primary N) is 1. The highest BCUT2D eigenvalue weighted by atomic mass is 19.1. The number of rotatable bonds is 4. The molecule has 2 aromatic carbocycles. The van der Waals surface area contributed by atoms with Crippen LogP contribution in [0.1, 0.15) is 35.2 Å². The van der Waals surface area contributed by atoms with Crippen LogP contribution in [0.25, 0.3) is 0 Å². The third kappa shape index (κ3) is 3.17. The maximum Gasteiger partial charge on any atom is 0.131 e. The molecule has 106 valence electrons. The molecule has 3 heteroatoms. The Balaban J connectivity index is 2.14. The van der Waals surface area contributed by atoms with E-state index in [1.54, 1.807) is 19.1 Å². The van der Waals surface area contributed by atoms with Gasteiger partial charge in [-0.05, 0) is 43.5 Å². The molecule has 0 saturated carbocycles. The van der Waals surface area contributed by atoms with Crippen LogP contribution in [0, 0.1) is 19.7 Å². The summed E-state index contributed by atoms with van der Waals surface area (Å²) in [4.78, 5) is 0. The minimum atomic E-state index is -0.320. The lowest BCUT2D eigenvalue weighted by molar-refractivity contribution is 0.302. The zero-order valence-corrected chi connectivity index (χ0v) is 12.1. The monoisotopic (exact) mass is 273 g/mol. The molecule has 2 aromatic rings. The fourth-order valence-electron chi connectivity index (χ4n) is 2.20. The third-order valence-corrected chi connectivity index (χ3v) is 3.49. The van der Waals surface area contributed by atoms with Gasteiger partial charge in [0.15, 0.2) is 0 Å². The number of hydrogen-bond donors (Lipinski definition) is 1. The lowest BCUT2D eigenvalue weighted by atomic mass is 10.0. The molecule has 0 spiro atoms. The Bertz CT molecular complexity index is 588. The predicted octanol–water partition coefficient (Wildman–Crippen LogP) is 4.04. The van der Waals surface area contributed by atoms with E-state index in [0.29, 0.717) is 17.9 Å². The lowest BCUT2D eigenvalue weighted by Gasteiger charge is -2.13. The Morgan fingerprint density at radius 3 is 2.35 bits per heavy atom. The highest BCUT2D eigenvalue weighted by Crippen LogP contribution is 2.22. The number of ether oxygens (including phenoxy) is 1. The van der Waals surface area contributed by atoms with Crippen molar-refractivity contribution in [2.24, 2.45) is 5.73 Å². The number of aryl methyl sites for hydroxylation is 2. The van der Waals surface area contributed by atoms with Gasteiger partial charge < -0.3 is 10.5 Å². The molecule has 0 saturated heterocycles. The second-order valence-electron chi connectivity index (χ2n) is 5.13. The van der Waals surface area contributed by atoms with Crippen molar-refractivity contribution in [2.45, 2.75) is 33.4 Å². The molecular weight excluding hydrogens is 253 g/mol. The molecule has 0 bridgehead atoms. The second-order valence-corrected chi connectivity index (χ2v) is 5.13. The summed E-state index contributed by atoms with van der Waals surface area (Å²) in [6.07, 6.45) is 0. The summed E-state index contributed by atoms with van der Waals surface area (Å²) in [6, 6.07) is 10.6. The van der Waals surface area contributed by atoms with E-state index in [0.717, 1.165) is 5.56 Å². The van der Waals surface area contributed by atoms with E-state index in [1.165, 1.54) is 17.2 Å². The van der Waals surface area contributed by atoms with Gasteiger partial charge in [-0.25, -0.2) is 4.39 Å². The molecule has 0 heterocycles. The Morgan fingerprint density at radius 2 is 1.80 bits per heavy atom. The lowest BCUT2D eigenvalue weighted by Crippen LogP contribution is -2.07. The molecule has 0 aliphatic heterocycles. The van der Waals surface area contributed by atoms with Crippen LogP contribution in [0.4, 0.5) is 4.39 Å². The van der Waals surface area contributed by atoms with Gasteiger partial charge in [-0.1, -0.05) is 24.3 Å². The van der Waals surface area contributed by atoms with Gasteiger partial charge in [-0.2, -0.15) is 0 Å². The zero-order chi connectivity index (χ0) is 14.7. The highest BCUT2D eigenvalue weighted by Gasteiger charge is 2.09. The van der Waals surface area contributed by atoms with Crippen LogP contribution in [0.5, 0.6) is 5.75 Å². The van der Waals surface area contributed by atoms with E-state index in [4.69, 9.17) is 10.5 Å². The van der Waals surface area contributed by atoms with Crippen molar-refractivity contribution in [3.05, 3.63) is 64.5 Å². The number of halogens is 1. The van der Waals surface area contributed by atoms with Gasteiger partial charge in [0.2, 0.25) is 0 Å². The molecule has 20 heavy (non-hydrogen) atoms. The average molecular weight is 273 g/mol. The van der Waals surface area contributed by atoms with Gasteiger partial charge in [0.05, 0.1) is 0 Å². The Morgan fingerprint density at radius 1 is 1.15 bits per heavy atom. The molecule has 2 N–H and O–H groups in total. The third-order valence-electron chi connectivity index (χ3n) is 3.49. The summed E-state index contributed by atoms with van der Waals surface area (Å²) in [5.41, 5.74) is 9.69. The van der Waals surface area contributed by atoms with Crippen LogP contribution in [0.3, 0.4) is 0 Å². The Kier molecular flexibility index (Phi) is 4.40. The Labute approximate surface area is 119 Å². The van der Waals surface area contributed by atoms with Gasteiger partial charge in [0, 0.05) is 17.7 Å². The van der Waals surface area contributed by atoms with E-state index < -0.39 is 0 Å². The van der Waals surface area contributed by atoms with E-state index in [1.807, 2.05) is 32.0 Å². The largest absolute Gasteiger partial charge is 0.489 e. The van der Waals surface area contributed by atoms with Crippen molar-refractivity contribution in [3.63, 3.8) is 0 Å². The summed E-state index contributed by atoms with van der Waals surface area (Å²) >= 11 is 0. The maximum absolute atomic E-state index is 13.8. The minimum absolute atomic E-state index is 0.317. The van der Waals surface area contributed by atoms with E-state index in [9.17, 15) is 4.39 Å². The van der Waals surface area contributed by atoms with Gasteiger partial charge in [0.25, 0.3) is 0 Å². The van der Waals surface area contributed by atoms with Crippen LogP contribution in [0.15, 0.2) is 36.4 Å². The van der Waals surface area contributed by atoms with Crippen LogP contribution < -0.4 is 10.5 Å². The summed E-state index contributed by atoms with van der Waals surface area (Å²) in [6.45, 7) is 6.29. The standard InChI is InChI=1S/C17H20FNO/c1-11-5-4-6-12(2)16(11)10-20-14-7-8-15(13(3)19)17(18)9-14/h4-9,13H,10,19H2,1-3H3. The SMILES string of the molecule is Cc1cccc(C)c1COc1ccc(C(C)N)c(F)c1. The van der Waals surface area contributed by atoms with E-state index in [2.05, 4.69) is 0 Å².